The molecule has 0 saturated heterocycles. The molecule has 0 aliphatic heterocycles. The largest absolute Gasteiger partial charge is 0.240 e. The Morgan fingerprint density at radius 2 is 1.75 bits per heavy atom. The van der Waals surface area contributed by atoms with E-state index in [-0.39, 0.29) is 0 Å². The van der Waals surface area contributed by atoms with Gasteiger partial charge in [0.05, 0.1) is 4.90 Å². The van der Waals surface area contributed by atoms with Crippen LogP contribution in [-0.4, -0.2) is 20.3 Å². The Kier molecular flexibility index (Phi) is 5.64. The molecule has 0 spiro atoms. The average Bonchev–Trinajstić information content (AvgIpc) is 2.46. The number of nitrogens with one attached hydrogen (secondary N) is 1. The van der Waals surface area contributed by atoms with Crippen molar-refractivity contribution in [3.8, 4) is 0 Å². The maximum Gasteiger partial charge on any atom is 0.240 e. The third-order valence-corrected chi connectivity index (χ3v) is 6.40. The Morgan fingerprint density at radius 3 is 2.35 bits per heavy atom. The van der Waals surface area contributed by atoms with Crippen molar-refractivity contribution in [3.63, 3.8) is 0 Å². The molecule has 0 bridgehead atoms. The second-order valence-electron chi connectivity index (χ2n) is 5.62. The molecule has 5 heteroatoms. The SMILES string of the molecule is Cc1ccc(S(=O)(=O)NCC2CCCCC2CBr)cc1. The summed E-state index contributed by atoms with van der Waals surface area (Å²) in [5.41, 5.74) is 1.07. The van der Waals surface area contributed by atoms with Crippen LogP contribution in [0.3, 0.4) is 0 Å². The van der Waals surface area contributed by atoms with Crippen molar-refractivity contribution in [2.45, 2.75) is 37.5 Å². The van der Waals surface area contributed by atoms with Crippen LogP contribution in [0.4, 0.5) is 0 Å². The van der Waals surface area contributed by atoms with Gasteiger partial charge in [-0.2, -0.15) is 0 Å². The summed E-state index contributed by atoms with van der Waals surface area (Å²) < 4.78 is 27.3. The zero-order valence-electron chi connectivity index (χ0n) is 11.8. The molecule has 1 aromatic carbocycles. The maximum absolute atomic E-state index is 12.3. The van der Waals surface area contributed by atoms with Crippen molar-refractivity contribution in [1.29, 1.82) is 0 Å². The molecular formula is C15H22BrNO2S. The highest BCUT2D eigenvalue weighted by molar-refractivity contribution is 9.09. The van der Waals surface area contributed by atoms with Gasteiger partial charge in [0.1, 0.15) is 0 Å². The molecule has 3 nitrogen and oxygen atoms in total. The van der Waals surface area contributed by atoms with Gasteiger partial charge in [0.25, 0.3) is 0 Å². The highest BCUT2D eigenvalue weighted by Gasteiger charge is 2.25. The van der Waals surface area contributed by atoms with Crippen LogP contribution in [0, 0.1) is 18.8 Å². The molecule has 112 valence electrons. The Balaban J connectivity index is 1.99. The molecule has 20 heavy (non-hydrogen) atoms. The first-order valence-electron chi connectivity index (χ1n) is 7.15. The summed E-state index contributed by atoms with van der Waals surface area (Å²) in [5.74, 6) is 1.04. The summed E-state index contributed by atoms with van der Waals surface area (Å²) in [5, 5.41) is 0.962. The third-order valence-electron chi connectivity index (χ3n) is 4.13. The van der Waals surface area contributed by atoms with E-state index in [0.29, 0.717) is 23.3 Å². The van der Waals surface area contributed by atoms with Crippen LogP contribution in [-0.2, 0) is 10.0 Å². The first kappa shape index (κ1) is 16.0. The quantitative estimate of drug-likeness (QED) is 0.818. The van der Waals surface area contributed by atoms with E-state index in [0.717, 1.165) is 17.3 Å². The molecule has 2 unspecified atom stereocenters. The lowest BCUT2D eigenvalue weighted by atomic mass is 9.80. The van der Waals surface area contributed by atoms with E-state index in [4.69, 9.17) is 0 Å². The lowest BCUT2D eigenvalue weighted by Crippen LogP contribution is -2.34. The second-order valence-corrected chi connectivity index (χ2v) is 8.04. The normalized spacial score (nSPS) is 23.7. The number of alkyl halides is 1. The molecule has 0 heterocycles. The minimum Gasteiger partial charge on any atom is -0.211 e. The van der Waals surface area contributed by atoms with E-state index in [9.17, 15) is 8.42 Å². The van der Waals surface area contributed by atoms with Gasteiger partial charge in [0.15, 0.2) is 0 Å². The molecular weight excluding hydrogens is 338 g/mol. The standard InChI is InChI=1S/C15H22BrNO2S/c1-12-6-8-15(9-7-12)20(18,19)17-11-14-5-3-2-4-13(14)10-16/h6-9,13-14,17H,2-5,10-11H2,1H3. The first-order valence-corrected chi connectivity index (χ1v) is 9.75. The van der Waals surface area contributed by atoms with Crippen molar-refractivity contribution in [2.24, 2.45) is 11.8 Å². The van der Waals surface area contributed by atoms with Gasteiger partial charge < -0.3 is 0 Å². The Bertz CT molecular complexity index is 527. The fourth-order valence-electron chi connectivity index (χ4n) is 2.77. The van der Waals surface area contributed by atoms with Crippen LogP contribution < -0.4 is 4.72 Å². The molecule has 1 aliphatic rings. The van der Waals surface area contributed by atoms with Gasteiger partial charge in [0, 0.05) is 11.9 Å². The minimum atomic E-state index is -3.37. The van der Waals surface area contributed by atoms with Crippen LogP contribution in [0.2, 0.25) is 0 Å². The number of hydrogen-bond donors (Lipinski definition) is 1. The smallest absolute Gasteiger partial charge is 0.211 e. The molecule has 1 aliphatic carbocycles. The van der Waals surface area contributed by atoms with Gasteiger partial charge in [-0.3, -0.25) is 0 Å². The van der Waals surface area contributed by atoms with Gasteiger partial charge in [-0.05, 0) is 43.7 Å². The Morgan fingerprint density at radius 1 is 1.15 bits per heavy atom. The monoisotopic (exact) mass is 359 g/mol. The fraction of sp³-hybridized carbons (Fsp3) is 0.600. The summed E-state index contributed by atoms with van der Waals surface area (Å²) in [6, 6.07) is 6.99. The molecule has 2 rings (SSSR count). The highest BCUT2D eigenvalue weighted by Crippen LogP contribution is 2.31. The molecule has 0 aromatic heterocycles. The van der Waals surface area contributed by atoms with Gasteiger partial charge in [-0.25, -0.2) is 13.1 Å². The van der Waals surface area contributed by atoms with Crippen molar-refractivity contribution >= 4 is 26.0 Å². The van der Waals surface area contributed by atoms with E-state index >= 15 is 0 Å². The van der Waals surface area contributed by atoms with Crippen molar-refractivity contribution in [3.05, 3.63) is 29.8 Å². The predicted molar refractivity (Wildman–Crippen MR) is 85.6 cm³/mol. The first-order chi connectivity index (χ1) is 9.53. The van der Waals surface area contributed by atoms with Crippen LogP contribution in [0.25, 0.3) is 0 Å². The highest BCUT2D eigenvalue weighted by atomic mass is 79.9. The van der Waals surface area contributed by atoms with Crippen LogP contribution in [0.1, 0.15) is 31.2 Å². The van der Waals surface area contributed by atoms with E-state index in [1.165, 1.54) is 19.3 Å². The molecule has 0 amide bonds. The number of benzene rings is 1. The predicted octanol–water partition coefficient (Wildman–Crippen LogP) is 3.47. The van der Waals surface area contributed by atoms with E-state index in [1.807, 2.05) is 19.1 Å². The van der Waals surface area contributed by atoms with Gasteiger partial charge in [0.2, 0.25) is 10.0 Å². The number of sulfonamides is 1. The molecule has 1 aromatic rings. The zero-order valence-corrected chi connectivity index (χ0v) is 14.2. The summed E-state index contributed by atoms with van der Waals surface area (Å²) in [7, 11) is -3.37. The van der Waals surface area contributed by atoms with Crippen molar-refractivity contribution < 1.29 is 8.42 Å². The molecule has 1 fully saturated rings. The second kappa shape index (κ2) is 7.05. The van der Waals surface area contributed by atoms with E-state index in [1.54, 1.807) is 12.1 Å². The summed E-state index contributed by atoms with van der Waals surface area (Å²) in [6.45, 7) is 2.50. The summed E-state index contributed by atoms with van der Waals surface area (Å²) in [4.78, 5) is 0.356. The number of hydrogen-bond acceptors (Lipinski definition) is 2. The fourth-order valence-corrected chi connectivity index (χ4v) is 4.72. The van der Waals surface area contributed by atoms with Crippen molar-refractivity contribution in [1.82, 2.24) is 4.72 Å². The van der Waals surface area contributed by atoms with E-state index < -0.39 is 10.0 Å². The van der Waals surface area contributed by atoms with Crippen LogP contribution in [0.15, 0.2) is 29.2 Å². The number of rotatable bonds is 5. The van der Waals surface area contributed by atoms with Crippen LogP contribution in [0.5, 0.6) is 0 Å². The molecule has 1 saturated carbocycles. The number of halogens is 1. The topological polar surface area (TPSA) is 46.2 Å². The third kappa shape index (κ3) is 4.06. The lowest BCUT2D eigenvalue weighted by Gasteiger charge is -2.30. The summed E-state index contributed by atoms with van der Waals surface area (Å²) in [6.07, 6.45) is 4.78. The number of aryl methyl sites for hydroxylation is 1. The van der Waals surface area contributed by atoms with Gasteiger partial charge in [-0.1, -0.05) is 46.5 Å². The Hall–Kier alpha value is -0.390. The minimum absolute atomic E-state index is 0.356. The Labute approximate surface area is 130 Å². The zero-order chi connectivity index (χ0) is 14.6. The van der Waals surface area contributed by atoms with Crippen LogP contribution >= 0.6 is 15.9 Å². The van der Waals surface area contributed by atoms with Gasteiger partial charge in [-0.15, -0.1) is 0 Å². The maximum atomic E-state index is 12.3. The lowest BCUT2D eigenvalue weighted by molar-refractivity contribution is 0.263. The molecule has 2 atom stereocenters. The van der Waals surface area contributed by atoms with Crippen molar-refractivity contribution in [2.75, 3.05) is 11.9 Å². The van der Waals surface area contributed by atoms with Gasteiger partial charge >= 0.3 is 0 Å². The molecule has 0 radical (unpaired) electrons. The average molecular weight is 360 g/mol. The summed E-state index contributed by atoms with van der Waals surface area (Å²) >= 11 is 3.55. The van der Waals surface area contributed by atoms with E-state index in [2.05, 4.69) is 20.7 Å². The molecule has 1 N–H and O–H groups in total.